The van der Waals surface area contributed by atoms with Crippen molar-refractivity contribution in [3.63, 3.8) is 0 Å². The summed E-state index contributed by atoms with van der Waals surface area (Å²) in [4.78, 5) is 28.1. The second-order valence-corrected chi connectivity index (χ2v) is 7.93. The number of hydrogen-bond donors (Lipinski definition) is 1. The molecular weight excluding hydrogens is 416 g/mol. The lowest BCUT2D eigenvalue weighted by Gasteiger charge is -2.12. The molecule has 0 saturated heterocycles. The highest BCUT2D eigenvalue weighted by Gasteiger charge is 2.17. The van der Waals surface area contributed by atoms with Crippen LogP contribution in [0, 0.1) is 0 Å². The van der Waals surface area contributed by atoms with Crippen LogP contribution < -0.4 is 15.6 Å². The zero-order chi connectivity index (χ0) is 23.2. The van der Waals surface area contributed by atoms with Crippen LogP contribution >= 0.6 is 0 Å². The predicted molar refractivity (Wildman–Crippen MR) is 129 cm³/mol. The summed E-state index contributed by atoms with van der Waals surface area (Å²) >= 11 is 0. The minimum atomic E-state index is -0.345. The first-order chi connectivity index (χ1) is 16.0. The van der Waals surface area contributed by atoms with Crippen LogP contribution in [0.4, 0.5) is 0 Å². The number of benzene rings is 3. The van der Waals surface area contributed by atoms with E-state index in [1.807, 2.05) is 56.6 Å². The molecule has 3 aromatic carbocycles. The van der Waals surface area contributed by atoms with Crippen molar-refractivity contribution in [1.29, 1.82) is 0 Å². The summed E-state index contributed by atoms with van der Waals surface area (Å²) in [6.45, 7) is 1.78. The van der Waals surface area contributed by atoms with E-state index in [-0.39, 0.29) is 17.2 Å². The van der Waals surface area contributed by atoms with Gasteiger partial charge in [-0.3, -0.25) is 9.59 Å². The standard InChI is InChI=1S/C26H26N4O3/c1-29(2)16-17-33-21-14-12-19(13-15-21)18-27-25(31)24-22-10-6-7-11-23(22)26(32)30(28-24)20-8-4-3-5-9-20/h3-15H,16-18H2,1-2H3,(H,27,31). The number of para-hydroxylation sites is 1. The second-order valence-electron chi connectivity index (χ2n) is 7.93. The van der Waals surface area contributed by atoms with E-state index < -0.39 is 0 Å². The van der Waals surface area contributed by atoms with Crippen molar-refractivity contribution in [3.8, 4) is 11.4 Å². The number of ether oxygens (including phenoxy) is 1. The van der Waals surface area contributed by atoms with Crippen LogP contribution in [0.2, 0.25) is 0 Å². The Bertz CT molecular complexity index is 1300. The maximum atomic E-state index is 13.1. The van der Waals surface area contributed by atoms with Crippen molar-refractivity contribution in [2.75, 3.05) is 27.2 Å². The van der Waals surface area contributed by atoms with Crippen LogP contribution in [-0.2, 0) is 6.54 Å². The maximum Gasteiger partial charge on any atom is 0.279 e. The third kappa shape index (κ3) is 5.27. The zero-order valence-corrected chi connectivity index (χ0v) is 18.7. The van der Waals surface area contributed by atoms with Gasteiger partial charge in [0.1, 0.15) is 12.4 Å². The topological polar surface area (TPSA) is 76.5 Å². The third-order valence-corrected chi connectivity index (χ3v) is 5.20. The molecule has 7 nitrogen and oxygen atoms in total. The number of likely N-dealkylation sites (N-methyl/N-ethyl adjacent to an activating group) is 1. The molecule has 0 aliphatic carbocycles. The van der Waals surface area contributed by atoms with Crippen LogP contribution in [0.3, 0.4) is 0 Å². The molecule has 4 rings (SSSR count). The fourth-order valence-electron chi connectivity index (χ4n) is 3.42. The van der Waals surface area contributed by atoms with Gasteiger partial charge in [0.05, 0.1) is 11.1 Å². The maximum absolute atomic E-state index is 13.1. The van der Waals surface area contributed by atoms with E-state index in [0.29, 0.717) is 29.6 Å². The molecule has 0 fully saturated rings. The Morgan fingerprint density at radius 1 is 0.939 bits per heavy atom. The molecule has 0 atom stereocenters. The smallest absolute Gasteiger partial charge is 0.279 e. The lowest BCUT2D eigenvalue weighted by Crippen LogP contribution is -2.29. The van der Waals surface area contributed by atoms with Gasteiger partial charge in [0, 0.05) is 18.5 Å². The number of fused-ring (bicyclic) bond motifs is 1. The largest absolute Gasteiger partial charge is 0.492 e. The van der Waals surface area contributed by atoms with Gasteiger partial charge < -0.3 is 15.0 Å². The molecule has 33 heavy (non-hydrogen) atoms. The number of nitrogens with zero attached hydrogens (tertiary/aromatic N) is 3. The molecule has 7 heteroatoms. The normalized spacial score (nSPS) is 11.0. The molecule has 1 amide bonds. The molecule has 0 bridgehead atoms. The van der Waals surface area contributed by atoms with E-state index in [1.54, 1.807) is 36.4 Å². The first-order valence-corrected chi connectivity index (χ1v) is 10.7. The minimum absolute atomic E-state index is 0.206. The predicted octanol–water partition coefficient (Wildman–Crippen LogP) is 3.26. The summed E-state index contributed by atoms with van der Waals surface area (Å²) in [7, 11) is 4.00. The van der Waals surface area contributed by atoms with Gasteiger partial charge in [-0.15, -0.1) is 0 Å². The average Bonchev–Trinajstić information content (AvgIpc) is 2.84. The van der Waals surface area contributed by atoms with Crippen molar-refractivity contribution >= 4 is 16.7 Å². The lowest BCUT2D eigenvalue weighted by atomic mass is 10.1. The molecule has 168 valence electrons. The monoisotopic (exact) mass is 442 g/mol. The van der Waals surface area contributed by atoms with E-state index in [4.69, 9.17) is 4.74 Å². The first-order valence-electron chi connectivity index (χ1n) is 10.7. The Balaban J connectivity index is 1.54. The van der Waals surface area contributed by atoms with Gasteiger partial charge in [-0.25, -0.2) is 0 Å². The summed E-state index contributed by atoms with van der Waals surface area (Å²) in [6.07, 6.45) is 0. The Morgan fingerprint density at radius 3 is 2.30 bits per heavy atom. The quantitative estimate of drug-likeness (QED) is 0.453. The Morgan fingerprint density at radius 2 is 1.61 bits per heavy atom. The van der Waals surface area contributed by atoms with Crippen molar-refractivity contribution in [3.05, 3.63) is 100 Å². The van der Waals surface area contributed by atoms with E-state index in [0.717, 1.165) is 17.9 Å². The van der Waals surface area contributed by atoms with E-state index >= 15 is 0 Å². The molecule has 0 saturated carbocycles. The third-order valence-electron chi connectivity index (χ3n) is 5.20. The summed E-state index contributed by atoms with van der Waals surface area (Å²) < 4.78 is 6.98. The summed E-state index contributed by atoms with van der Waals surface area (Å²) in [6, 6.07) is 23.7. The molecule has 0 unspecified atom stereocenters. The number of rotatable bonds is 8. The summed E-state index contributed by atoms with van der Waals surface area (Å²) in [5.74, 6) is 0.441. The molecular formula is C26H26N4O3. The highest BCUT2D eigenvalue weighted by atomic mass is 16.5. The highest BCUT2D eigenvalue weighted by Crippen LogP contribution is 2.16. The van der Waals surface area contributed by atoms with E-state index in [2.05, 4.69) is 15.3 Å². The number of hydrogen-bond acceptors (Lipinski definition) is 5. The Labute approximate surface area is 192 Å². The summed E-state index contributed by atoms with van der Waals surface area (Å²) in [5, 5.41) is 8.30. The van der Waals surface area contributed by atoms with Crippen molar-refractivity contribution in [1.82, 2.24) is 20.0 Å². The van der Waals surface area contributed by atoms with Crippen molar-refractivity contribution < 1.29 is 9.53 Å². The van der Waals surface area contributed by atoms with Gasteiger partial charge in [-0.2, -0.15) is 9.78 Å². The zero-order valence-electron chi connectivity index (χ0n) is 18.7. The van der Waals surface area contributed by atoms with E-state index in [1.165, 1.54) is 4.68 Å². The van der Waals surface area contributed by atoms with Gasteiger partial charge in [0.15, 0.2) is 5.69 Å². The van der Waals surface area contributed by atoms with Crippen LogP contribution in [0.25, 0.3) is 16.5 Å². The van der Waals surface area contributed by atoms with Gasteiger partial charge in [0.2, 0.25) is 0 Å². The fourth-order valence-corrected chi connectivity index (χ4v) is 3.42. The van der Waals surface area contributed by atoms with Gasteiger partial charge in [-0.1, -0.05) is 48.5 Å². The Kier molecular flexibility index (Phi) is 6.80. The first kappa shape index (κ1) is 22.2. The SMILES string of the molecule is CN(C)CCOc1ccc(CNC(=O)c2nn(-c3ccccc3)c(=O)c3ccccc23)cc1. The number of nitrogens with one attached hydrogen (secondary N) is 1. The molecule has 1 heterocycles. The molecule has 1 aromatic heterocycles. The molecule has 0 aliphatic heterocycles. The molecule has 0 spiro atoms. The van der Waals surface area contributed by atoms with Gasteiger partial charge in [-0.05, 0) is 50.0 Å². The van der Waals surface area contributed by atoms with Crippen molar-refractivity contribution in [2.45, 2.75) is 6.54 Å². The highest BCUT2D eigenvalue weighted by molar-refractivity contribution is 6.04. The number of carbonyl (C=O) groups excluding carboxylic acids is 1. The molecule has 1 N–H and O–H groups in total. The molecule has 0 radical (unpaired) electrons. The minimum Gasteiger partial charge on any atom is -0.492 e. The summed E-state index contributed by atoms with van der Waals surface area (Å²) in [5.41, 5.74) is 1.48. The second kappa shape index (κ2) is 10.1. The molecule has 0 aliphatic rings. The van der Waals surface area contributed by atoms with Crippen LogP contribution in [0.15, 0.2) is 83.7 Å². The number of aromatic nitrogens is 2. The van der Waals surface area contributed by atoms with Crippen LogP contribution in [0.1, 0.15) is 16.1 Å². The Hall–Kier alpha value is -3.97. The van der Waals surface area contributed by atoms with Crippen LogP contribution in [-0.4, -0.2) is 47.8 Å². The van der Waals surface area contributed by atoms with Crippen LogP contribution in [0.5, 0.6) is 5.75 Å². The number of carbonyl (C=O) groups is 1. The van der Waals surface area contributed by atoms with Gasteiger partial charge in [0.25, 0.3) is 11.5 Å². The lowest BCUT2D eigenvalue weighted by molar-refractivity contribution is 0.0946. The van der Waals surface area contributed by atoms with Gasteiger partial charge >= 0.3 is 0 Å². The molecule has 4 aromatic rings. The average molecular weight is 443 g/mol. The van der Waals surface area contributed by atoms with Crippen molar-refractivity contribution in [2.24, 2.45) is 0 Å². The number of amides is 1. The fraction of sp³-hybridized carbons (Fsp3) is 0.192. The van der Waals surface area contributed by atoms with E-state index in [9.17, 15) is 9.59 Å².